The number of carboxylic acid groups (broad SMARTS) is 1. The third-order valence-corrected chi connectivity index (χ3v) is 2.35. The average molecular weight is 307 g/mol. The zero-order valence-electron chi connectivity index (χ0n) is 11.7. The standard InChI is InChI=1S/C8H17NO3.C6H3F3/c9-5-7-12-6-3-1-2-4-8(10)11;7-4-2-1-3-5(8)6(4)9/h1-7,9H2,(H,10,11);1-3H. The molecule has 0 spiro atoms. The van der Waals surface area contributed by atoms with Crippen molar-refractivity contribution < 1.29 is 27.8 Å². The van der Waals surface area contributed by atoms with Gasteiger partial charge >= 0.3 is 5.97 Å². The maximum Gasteiger partial charge on any atom is 0.303 e. The van der Waals surface area contributed by atoms with E-state index in [0.717, 1.165) is 37.5 Å². The van der Waals surface area contributed by atoms with Gasteiger partial charge in [-0.2, -0.15) is 0 Å². The van der Waals surface area contributed by atoms with E-state index in [1.165, 1.54) is 0 Å². The minimum absolute atomic E-state index is 0.261. The lowest BCUT2D eigenvalue weighted by atomic mass is 10.2. The topological polar surface area (TPSA) is 72.5 Å². The second-order valence-corrected chi connectivity index (χ2v) is 4.14. The van der Waals surface area contributed by atoms with Crippen LogP contribution in [0.15, 0.2) is 18.2 Å². The largest absolute Gasteiger partial charge is 0.481 e. The zero-order chi connectivity index (χ0) is 16.1. The summed E-state index contributed by atoms with van der Waals surface area (Å²) in [5.74, 6) is -4.46. The van der Waals surface area contributed by atoms with Gasteiger partial charge in [0.15, 0.2) is 17.5 Å². The van der Waals surface area contributed by atoms with Crippen LogP contribution in [-0.4, -0.2) is 30.8 Å². The number of carbonyl (C=O) groups is 1. The monoisotopic (exact) mass is 307 g/mol. The molecule has 0 unspecified atom stereocenters. The van der Waals surface area contributed by atoms with Gasteiger partial charge in [0.05, 0.1) is 6.61 Å². The zero-order valence-corrected chi connectivity index (χ0v) is 11.7. The molecule has 0 amide bonds. The third kappa shape index (κ3) is 10.8. The number of carboxylic acids is 1. The molecule has 3 N–H and O–H groups in total. The molecule has 4 nitrogen and oxygen atoms in total. The van der Waals surface area contributed by atoms with Crippen LogP contribution in [-0.2, 0) is 9.53 Å². The van der Waals surface area contributed by atoms with Crippen molar-refractivity contribution in [1.82, 2.24) is 0 Å². The van der Waals surface area contributed by atoms with E-state index in [9.17, 15) is 18.0 Å². The van der Waals surface area contributed by atoms with Gasteiger partial charge < -0.3 is 15.6 Å². The Bertz CT molecular complexity index is 396. The molecule has 0 heterocycles. The molecule has 1 aromatic rings. The fourth-order valence-corrected chi connectivity index (χ4v) is 1.32. The van der Waals surface area contributed by atoms with Crippen LogP contribution < -0.4 is 5.73 Å². The first kappa shape index (κ1) is 19.4. The van der Waals surface area contributed by atoms with Gasteiger partial charge in [0.2, 0.25) is 0 Å². The normalized spacial score (nSPS) is 9.90. The molecule has 0 fully saturated rings. The van der Waals surface area contributed by atoms with Gasteiger partial charge in [-0.3, -0.25) is 4.79 Å². The Morgan fingerprint density at radius 2 is 1.71 bits per heavy atom. The molecular weight excluding hydrogens is 287 g/mol. The molecule has 1 aromatic carbocycles. The molecule has 0 radical (unpaired) electrons. The van der Waals surface area contributed by atoms with Gasteiger partial charge in [-0.1, -0.05) is 12.5 Å². The number of ether oxygens (including phenoxy) is 1. The summed E-state index contributed by atoms with van der Waals surface area (Å²) < 4.78 is 41.0. The molecule has 0 aliphatic carbocycles. The summed E-state index contributed by atoms with van der Waals surface area (Å²) in [5.41, 5.74) is 5.21. The predicted octanol–water partition coefficient (Wildman–Crippen LogP) is 2.71. The fourth-order valence-electron chi connectivity index (χ4n) is 1.32. The third-order valence-electron chi connectivity index (χ3n) is 2.35. The lowest BCUT2D eigenvalue weighted by molar-refractivity contribution is -0.137. The summed E-state index contributed by atoms with van der Waals surface area (Å²) >= 11 is 0. The van der Waals surface area contributed by atoms with Crippen LogP contribution in [0.25, 0.3) is 0 Å². The highest BCUT2D eigenvalue weighted by Crippen LogP contribution is 2.07. The Labute approximate surface area is 121 Å². The minimum atomic E-state index is -1.42. The first-order valence-electron chi connectivity index (χ1n) is 6.58. The van der Waals surface area contributed by atoms with Crippen LogP contribution in [0.3, 0.4) is 0 Å². The molecule has 120 valence electrons. The maximum atomic E-state index is 12.0. The number of nitrogens with two attached hydrogens (primary N) is 1. The van der Waals surface area contributed by atoms with Crippen molar-refractivity contribution in [3.05, 3.63) is 35.7 Å². The summed E-state index contributed by atoms with van der Waals surface area (Å²) in [4.78, 5) is 10.1. The molecule has 0 aromatic heterocycles. The summed E-state index contributed by atoms with van der Waals surface area (Å²) in [6.07, 6.45) is 2.84. The van der Waals surface area contributed by atoms with Crippen LogP contribution in [0, 0.1) is 17.5 Å². The number of aliphatic carboxylic acids is 1. The van der Waals surface area contributed by atoms with E-state index in [4.69, 9.17) is 15.6 Å². The highest BCUT2D eigenvalue weighted by atomic mass is 19.2. The van der Waals surface area contributed by atoms with Gasteiger partial charge in [0, 0.05) is 19.6 Å². The molecular formula is C14H20F3NO3. The average Bonchev–Trinajstić information content (AvgIpc) is 2.44. The Morgan fingerprint density at radius 1 is 1.10 bits per heavy atom. The van der Waals surface area contributed by atoms with Crippen LogP contribution in [0.5, 0.6) is 0 Å². The Kier molecular flexibility index (Phi) is 11.2. The fraction of sp³-hybridized carbons (Fsp3) is 0.500. The molecule has 0 atom stereocenters. The molecule has 1 rings (SSSR count). The van der Waals surface area contributed by atoms with Crippen molar-refractivity contribution in [2.24, 2.45) is 5.73 Å². The van der Waals surface area contributed by atoms with Crippen LogP contribution in [0.4, 0.5) is 13.2 Å². The van der Waals surface area contributed by atoms with Crippen molar-refractivity contribution in [2.75, 3.05) is 19.8 Å². The van der Waals surface area contributed by atoms with Crippen molar-refractivity contribution in [2.45, 2.75) is 25.7 Å². The summed E-state index contributed by atoms with van der Waals surface area (Å²) in [6, 6.07) is 2.82. The Balaban J connectivity index is 0.000000394. The van der Waals surface area contributed by atoms with E-state index in [1.54, 1.807) is 0 Å². The number of unbranched alkanes of at least 4 members (excludes halogenated alkanes) is 2. The predicted molar refractivity (Wildman–Crippen MR) is 72.3 cm³/mol. The quantitative estimate of drug-likeness (QED) is 0.572. The lowest BCUT2D eigenvalue weighted by Crippen LogP contribution is -2.08. The number of hydrogen-bond acceptors (Lipinski definition) is 3. The Morgan fingerprint density at radius 3 is 2.19 bits per heavy atom. The molecule has 0 bridgehead atoms. The lowest BCUT2D eigenvalue weighted by Gasteiger charge is -2.00. The molecule has 0 saturated heterocycles. The van der Waals surface area contributed by atoms with E-state index >= 15 is 0 Å². The first-order chi connectivity index (χ1) is 9.99. The molecule has 7 heteroatoms. The van der Waals surface area contributed by atoms with E-state index in [-0.39, 0.29) is 6.42 Å². The van der Waals surface area contributed by atoms with E-state index in [0.29, 0.717) is 19.8 Å². The van der Waals surface area contributed by atoms with Crippen LogP contribution >= 0.6 is 0 Å². The summed E-state index contributed by atoms with van der Waals surface area (Å²) in [6.45, 7) is 1.84. The SMILES string of the molecule is Fc1cccc(F)c1F.NCCOCCCCCC(=O)O. The minimum Gasteiger partial charge on any atom is -0.481 e. The van der Waals surface area contributed by atoms with Gasteiger partial charge in [-0.25, -0.2) is 13.2 Å². The van der Waals surface area contributed by atoms with Gasteiger partial charge in [0.25, 0.3) is 0 Å². The van der Waals surface area contributed by atoms with E-state index in [1.807, 2.05) is 0 Å². The first-order valence-corrected chi connectivity index (χ1v) is 6.58. The maximum absolute atomic E-state index is 12.0. The van der Waals surface area contributed by atoms with Gasteiger partial charge in [0.1, 0.15) is 0 Å². The van der Waals surface area contributed by atoms with Crippen LogP contribution in [0.1, 0.15) is 25.7 Å². The second kappa shape index (κ2) is 12.2. The van der Waals surface area contributed by atoms with Crippen molar-refractivity contribution in [3.63, 3.8) is 0 Å². The van der Waals surface area contributed by atoms with Crippen LogP contribution in [0.2, 0.25) is 0 Å². The molecule has 21 heavy (non-hydrogen) atoms. The molecule has 0 saturated carbocycles. The summed E-state index contributed by atoms with van der Waals surface area (Å²) in [7, 11) is 0. The van der Waals surface area contributed by atoms with E-state index in [2.05, 4.69) is 0 Å². The van der Waals surface area contributed by atoms with Crippen molar-refractivity contribution in [1.29, 1.82) is 0 Å². The van der Waals surface area contributed by atoms with Gasteiger partial charge in [-0.15, -0.1) is 0 Å². The number of benzene rings is 1. The highest BCUT2D eigenvalue weighted by Gasteiger charge is 2.04. The molecule has 0 aliphatic rings. The number of hydrogen-bond donors (Lipinski definition) is 2. The van der Waals surface area contributed by atoms with Crippen molar-refractivity contribution >= 4 is 5.97 Å². The van der Waals surface area contributed by atoms with E-state index < -0.39 is 23.4 Å². The number of rotatable bonds is 8. The van der Waals surface area contributed by atoms with Crippen molar-refractivity contribution in [3.8, 4) is 0 Å². The van der Waals surface area contributed by atoms with Gasteiger partial charge in [-0.05, 0) is 25.0 Å². The number of halogens is 3. The smallest absolute Gasteiger partial charge is 0.303 e. The highest BCUT2D eigenvalue weighted by molar-refractivity contribution is 5.66. The summed E-state index contributed by atoms with van der Waals surface area (Å²) in [5, 5.41) is 8.31. The second-order valence-electron chi connectivity index (χ2n) is 4.14. The molecule has 0 aliphatic heterocycles. The Hall–Kier alpha value is -1.60.